The SMILES string of the molecule is c1cc2c3c(c1)-c1cccc[n+]1C31c3c(ccc4c5cc6cocc6cc5c5ccc[n+]1c5c34)O2. The zero-order valence-corrected chi connectivity index (χ0v) is 18.4. The maximum absolute atomic E-state index is 6.64. The molecule has 4 heteroatoms. The standard InChI is InChI=1S/C31H16N2O2/c1-2-11-32-24(7-1)21-5-3-8-25-28(21)31(32)29-26(35-25)10-9-19-22-13-17-15-34-16-18(17)14-23(22)20-6-4-12-33(31)30(20)27(19)29/h1-16H/q+2. The van der Waals surface area contributed by atoms with E-state index in [-0.39, 0.29) is 0 Å². The number of hydrogen-bond donors (Lipinski definition) is 0. The molecule has 0 bridgehead atoms. The third-order valence-corrected chi connectivity index (χ3v) is 8.37. The first-order valence-electron chi connectivity index (χ1n) is 11.9. The summed E-state index contributed by atoms with van der Waals surface area (Å²) in [6, 6.07) is 26.3. The Bertz CT molecular complexity index is 2160. The topological polar surface area (TPSA) is 30.1 Å². The predicted molar refractivity (Wildman–Crippen MR) is 133 cm³/mol. The molecule has 10 rings (SSSR count). The summed E-state index contributed by atoms with van der Waals surface area (Å²) in [5, 5.41) is 8.52. The van der Waals surface area contributed by atoms with Crippen molar-refractivity contribution in [2.24, 2.45) is 0 Å². The van der Waals surface area contributed by atoms with Crippen molar-refractivity contribution in [3.63, 3.8) is 0 Å². The molecule has 3 aliphatic heterocycles. The second-order valence-electron chi connectivity index (χ2n) is 9.81. The van der Waals surface area contributed by atoms with Crippen LogP contribution in [0.4, 0.5) is 0 Å². The number of ether oxygens (including phenoxy) is 1. The van der Waals surface area contributed by atoms with Crippen molar-refractivity contribution in [1.29, 1.82) is 0 Å². The van der Waals surface area contributed by atoms with Gasteiger partial charge in [-0.25, -0.2) is 0 Å². The number of furan rings is 1. The molecule has 0 saturated carbocycles. The molecule has 6 heterocycles. The van der Waals surface area contributed by atoms with Crippen molar-refractivity contribution in [2.75, 3.05) is 0 Å². The molecule has 0 N–H and O–H groups in total. The molecule has 3 aromatic heterocycles. The molecule has 0 fully saturated rings. The van der Waals surface area contributed by atoms with Gasteiger partial charge < -0.3 is 9.15 Å². The number of pyridine rings is 2. The highest BCUT2D eigenvalue weighted by Gasteiger charge is 2.70. The Kier molecular flexibility index (Phi) is 2.49. The number of rotatable bonds is 0. The molecule has 0 amide bonds. The van der Waals surface area contributed by atoms with Crippen LogP contribution >= 0.6 is 0 Å². The van der Waals surface area contributed by atoms with E-state index in [1.165, 1.54) is 54.8 Å². The zero-order valence-electron chi connectivity index (χ0n) is 18.4. The quantitative estimate of drug-likeness (QED) is 0.205. The van der Waals surface area contributed by atoms with Crippen LogP contribution in [0.25, 0.3) is 54.5 Å². The smallest absolute Gasteiger partial charge is 0.425 e. The molecule has 0 radical (unpaired) electrons. The lowest BCUT2D eigenvalue weighted by atomic mass is 9.85. The first-order valence-corrected chi connectivity index (χ1v) is 11.9. The molecular formula is C31H16N2O2+2. The molecule has 4 nitrogen and oxygen atoms in total. The fraction of sp³-hybridized carbons (Fsp3) is 0.0323. The van der Waals surface area contributed by atoms with Gasteiger partial charge in [-0.2, -0.15) is 0 Å². The number of hydrogen-bond acceptors (Lipinski definition) is 2. The normalized spacial score (nSPS) is 18.1. The Labute approximate surface area is 198 Å². The van der Waals surface area contributed by atoms with Crippen LogP contribution in [0.2, 0.25) is 0 Å². The Morgan fingerprint density at radius 2 is 1.46 bits per heavy atom. The van der Waals surface area contributed by atoms with Crippen molar-refractivity contribution in [1.82, 2.24) is 0 Å². The second-order valence-corrected chi connectivity index (χ2v) is 9.81. The predicted octanol–water partition coefficient (Wildman–Crippen LogP) is 6.16. The van der Waals surface area contributed by atoms with Gasteiger partial charge in [0.05, 0.1) is 28.9 Å². The van der Waals surface area contributed by atoms with E-state index in [1.54, 1.807) is 0 Å². The average molecular weight is 448 g/mol. The number of fused-ring (bicyclic) bond motifs is 6. The Hall–Kier alpha value is -4.70. The van der Waals surface area contributed by atoms with Crippen LogP contribution in [0.1, 0.15) is 11.1 Å². The fourth-order valence-corrected chi connectivity index (χ4v) is 7.17. The van der Waals surface area contributed by atoms with E-state index in [1.807, 2.05) is 12.5 Å². The van der Waals surface area contributed by atoms with Crippen molar-refractivity contribution in [2.45, 2.75) is 5.66 Å². The number of aromatic nitrogens is 2. The second kappa shape index (κ2) is 5.18. The zero-order chi connectivity index (χ0) is 22.5. The van der Waals surface area contributed by atoms with E-state index < -0.39 is 5.66 Å². The van der Waals surface area contributed by atoms with Gasteiger partial charge in [0.2, 0.25) is 11.2 Å². The van der Waals surface area contributed by atoms with E-state index in [0.29, 0.717) is 0 Å². The molecule has 35 heavy (non-hydrogen) atoms. The Morgan fingerprint density at radius 1 is 0.629 bits per heavy atom. The lowest BCUT2D eigenvalue weighted by Crippen LogP contribution is -2.71. The third-order valence-electron chi connectivity index (χ3n) is 8.37. The van der Waals surface area contributed by atoms with Crippen LogP contribution < -0.4 is 13.9 Å². The Balaban J connectivity index is 1.55. The third kappa shape index (κ3) is 1.59. The molecule has 1 unspecified atom stereocenters. The minimum Gasteiger partial charge on any atom is -0.471 e. The van der Waals surface area contributed by atoms with Gasteiger partial charge in [-0.1, -0.05) is 6.07 Å². The summed E-state index contributed by atoms with van der Waals surface area (Å²) in [5.41, 5.74) is 5.63. The van der Waals surface area contributed by atoms with Crippen LogP contribution in [0.5, 0.6) is 11.5 Å². The van der Waals surface area contributed by atoms with Crippen LogP contribution in [-0.4, -0.2) is 0 Å². The van der Waals surface area contributed by atoms with Gasteiger partial charge in [0.15, 0.2) is 23.5 Å². The molecule has 4 aromatic carbocycles. The van der Waals surface area contributed by atoms with Gasteiger partial charge in [-0.05, 0) is 64.7 Å². The van der Waals surface area contributed by atoms with Crippen molar-refractivity contribution in [3.8, 4) is 22.8 Å². The van der Waals surface area contributed by atoms with Crippen LogP contribution in [0, 0.1) is 0 Å². The summed E-state index contributed by atoms with van der Waals surface area (Å²) < 4.78 is 17.1. The van der Waals surface area contributed by atoms with Gasteiger partial charge >= 0.3 is 5.66 Å². The van der Waals surface area contributed by atoms with Crippen LogP contribution in [0.15, 0.2) is 102 Å². The molecule has 1 spiro atoms. The summed E-state index contributed by atoms with van der Waals surface area (Å²) in [6.45, 7) is 0. The Morgan fingerprint density at radius 3 is 2.37 bits per heavy atom. The molecule has 1 atom stereocenters. The number of benzene rings is 4. The minimum atomic E-state index is -0.515. The molecule has 7 aromatic rings. The highest BCUT2D eigenvalue weighted by molar-refractivity contribution is 6.27. The summed E-state index contributed by atoms with van der Waals surface area (Å²) in [5.74, 6) is 1.86. The highest BCUT2D eigenvalue weighted by atomic mass is 16.5. The van der Waals surface area contributed by atoms with E-state index in [9.17, 15) is 0 Å². The van der Waals surface area contributed by atoms with Crippen molar-refractivity contribution >= 4 is 43.2 Å². The highest BCUT2D eigenvalue weighted by Crippen LogP contribution is 2.57. The molecule has 0 aliphatic carbocycles. The largest absolute Gasteiger partial charge is 0.471 e. The average Bonchev–Trinajstić information content (AvgIpc) is 3.58. The lowest BCUT2D eigenvalue weighted by molar-refractivity contribution is -0.950. The van der Waals surface area contributed by atoms with Gasteiger partial charge in [0.25, 0.3) is 0 Å². The number of nitrogens with zero attached hydrogens (tertiary/aromatic N) is 2. The van der Waals surface area contributed by atoms with Gasteiger partial charge in [-0.15, -0.1) is 9.13 Å². The lowest BCUT2D eigenvalue weighted by Gasteiger charge is -2.25. The van der Waals surface area contributed by atoms with Crippen molar-refractivity contribution < 1.29 is 18.3 Å². The molecule has 3 aliphatic rings. The summed E-state index contributed by atoms with van der Waals surface area (Å²) in [4.78, 5) is 0. The van der Waals surface area contributed by atoms with Crippen molar-refractivity contribution in [3.05, 3.63) is 109 Å². The van der Waals surface area contributed by atoms with E-state index in [4.69, 9.17) is 9.15 Å². The summed E-state index contributed by atoms with van der Waals surface area (Å²) >= 11 is 0. The maximum Gasteiger partial charge on any atom is 0.425 e. The van der Waals surface area contributed by atoms with Crippen LogP contribution in [-0.2, 0) is 5.66 Å². The maximum atomic E-state index is 6.64. The molecule has 160 valence electrons. The first kappa shape index (κ1) is 16.8. The summed E-state index contributed by atoms with van der Waals surface area (Å²) in [6.07, 6.45) is 8.14. The molecule has 0 saturated heterocycles. The first-order chi connectivity index (χ1) is 17.4. The minimum absolute atomic E-state index is 0.515. The van der Waals surface area contributed by atoms with Crippen LogP contribution in [0.3, 0.4) is 0 Å². The van der Waals surface area contributed by atoms with E-state index >= 15 is 0 Å². The van der Waals surface area contributed by atoms with Gasteiger partial charge in [0, 0.05) is 29.0 Å². The monoisotopic (exact) mass is 448 g/mol. The van der Waals surface area contributed by atoms with Gasteiger partial charge in [-0.3, -0.25) is 0 Å². The summed E-state index contributed by atoms with van der Waals surface area (Å²) in [7, 11) is 0. The van der Waals surface area contributed by atoms with E-state index in [0.717, 1.165) is 22.3 Å². The fourth-order valence-electron chi connectivity index (χ4n) is 7.17. The van der Waals surface area contributed by atoms with E-state index in [2.05, 4.69) is 94.3 Å². The van der Waals surface area contributed by atoms with Gasteiger partial charge in [0.1, 0.15) is 11.5 Å². The molecular weight excluding hydrogens is 432 g/mol.